The minimum atomic E-state index is 0.599. The number of aromatic nitrogens is 3. The van der Waals surface area contributed by atoms with Gasteiger partial charge in [0.15, 0.2) is 17.5 Å². The average Bonchev–Trinajstić information content (AvgIpc) is 3.50. The van der Waals surface area contributed by atoms with Crippen LogP contribution < -0.4 is 0 Å². The molecule has 4 heteroatoms. The van der Waals surface area contributed by atoms with Gasteiger partial charge in [0.2, 0.25) is 0 Å². The van der Waals surface area contributed by atoms with Crippen LogP contribution in [0.5, 0.6) is 0 Å². The predicted molar refractivity (Wildman–Crippen MR) is 184 cm³/mol. The number of rotatable bonds is 4. The molecule has 0 saturated heterocycles. The van der Waals surface area contributed by atoms with E-state index in [1.165, 1.54) is 10.8 Å². The number of fused-ring (bicyclic) bond motifs is 6. The molecule has 0 N–H and O–H groups in total. The Bertz CT molecular complexity index is 2540. The van der Waals surface area contributed by atoms with Crippen molar-refractivity contribution in [3.8, 4) is 45.3 Å². The first kappa shape index (κ1) is 25.4. The summed E-state index contributed by atoms with van der Waals surface area (Å²) in [5, 5.41) is 6.78. The molecule has 0 atom stereocenters. The lowest BCUT2D eigenvalue weighted by Crippen LogP contribution is -2.00. The van der Waals surface area contributed by atoms with Gasteiger partial charge in [-0.3, -0.25) is 0 Å². The zero-order valence-electron chi connectivity index (χ0n) is 24.2. The Hall–Kier alpha value is -6.13. The lowest BCUT2D eigenvalue weighted by atomic mass is 9.97. The average molecular weight is 576 g/mol. The van der Waals surface area contributed by atoms with Crippen LogP contribution in [0.2, 0.25) is 0 Å². The van der Waals surface area contributed by atoms with Gasteiger partial charge in [0.05, 0.1) is 0 Å². The number of hydrogen-bond acceptors (Lipinski definition) is 4. The van der Waals surface area contributed by atoms with Crippen LogP contribution in [0.25, 0.3) is 88.8 Å². The standard InChI is InChI=1S/C41H25N3O/c1-3-12-26(13-4-1)31-20-11-21-35-34-23-22-29(25-37(34)45-38(31)35)40-42-39(27-14-5-2-6-15-27)43-41(44-40)36-24-28-16-7-8-17-30(28)32-18-9-10-19-33(32)36/h1-25H. The van der Waals surface area contributed by atoms with Gasteiger partial charge in [0.25, 0.3) is 0 Å². The Morgan fingerprint density at radius 3 is 1.78 bits per heavy atom. The van der Waals surface area contributed by atoms with Crippen LogP contribution >= 0.6 is 0 Å². The number of furan rings is 1. The second kappa shape index (κ2) is 10.2. The Balaban J connectivity index is 1.27. The van der Waals surface area contributed by atoms with E-state index in [0.717, 1.165) is 60.5 Å². The summed E-state index contributed by atoms with van der Waals surface area (Å²) in [4.78, 5) is 15.2. The van der Waals surface area contributed by atoms with E-state index in [0.29, 0.717) is 17.5 Å². The maximum Gasteiger partial charge on any atom is 0.164 e. The third-order valence-electron chi connectivity index (χ3n) is 8.52. The van der Waals surface area contributed by atoms with E-state index >= 15 is 0 Å². The fourth-order valence-electron chi connectivity index (χ4n) is 6.36. The van der Waals surface area contributed by atoms with Crippen molar-refractivity contribution in [1.82, 2.24) is 15.0 Å². The number of benzene rings is 7. The summed E-state index contributed by atoms with van der Waals surface area (Å²) in [5.74, 6) is 1.86. The van der Waals surface area contributed by atoms with Crippen molar-refractivity contribution in [3.05, 3.63) is 152 Å². The highest BCUT2D eigenvalue weighted by Gasteiger charge is 2.18. The van der Waals surface area contributed by atoms with Crippen molar-refractivity contribution in [2.24, 2.45) is 0 Å². The van der Waals surface area contributed by atoms with Crippen molar-refractivity contribution >= 4 is 43.5 Å². The second-order valence-corrected chi connectivity index (χ2v) is 11.2. The number of para-hydroxylation sites is 1. The highest BCUT2D eigenvalue weighted by atomic mass is 16.3. The first-order chi connectivity index (χ1) is 22.3. The molecule has 45 heavy (non-hydrogen) atoms. The van der Waals surface area contributed by atoms with E-state index in [4.69, 9.17) is 19.4 Å². The Labute approximate surface area is 259 Å². The molecule has 0 aliphatic heterocycles. The van der Waals surface area contributed by atoms with Gasteiger partial charge in [-0.2, -0.15) is 0 Å². The summed E-state index contributed by atoms with van der Waals surface area (Å²) < 4.78 is 6.56. The number of nitrogens with zero attached hydrogens (tertiary/aromatic N) is 3. The lowest BCUT2D eigenvalue weighted by Gasteiger charge is -2.12. The Kier molecular flexibility index (Phi) is 5.78. The van der Waals surface area contributed by atoms with Crippen molar-refractivity contribution in [1.29, 1.82) is 0 Å². The Morgan fingerprint density at radius 1 is 0.356 bits per heavy atom. The van der Waals surface area contributed by atoms with E-state index in [9.17, 15) is 0 Å². The van der Waals surface area contributed by atoms with Gasteiger partial charge in [-0.05, 0) is 45.3 Å². The van der Waals surface area contributed by atoms with E-state index in [1.807, 2.05) is 36.4 Å². The molecule has 2 aromatic heterocycles. The molecule has 9 rings (SSSR count). The molecule has 0 aliphatic rings. The molecule has 210 valence electrons. The monoisotopic (exact) mass is 575 g/mol. The molecular formula is C41H25N3O. The normalized spacial score (nSPS) is 11.6. The van der Waals surface area contributed by atoms with Crippen molar-refractivity contribution in [3.63, 3.8) is 0 Å². The lowest BCUT2D eigenvalue weighted by molar-refractivity contribution is 0.670. The summed E-state index contributed by atoms with van der Waals surface area (Å²) in [6.07, 6.45) is 0. The molecule has 0 spiro atoms. The molecule has 0 bridgehead atoms. The highest BCUT2D eigenvalue weighted by molar-refractivity contribution is 6.13. The van der Waals surface area contributed by atoms with E-state index in [-0.39, 0.29) is 0 Å². The smallest absolute Gasteiger partial charge is 0.164 e. The van der Waals surface area contributed by atoms with Crippen molar-refractivity contribution in [2.75, 3.05) is 0 Å². The second-order valence-electron chi connectivity index (χ2n) is 11.2. The fraction of sp³-hybridized carbons (Fsp3) is 0. The maximum atomic E-state index is 6.56. The van der Waals surface area contributed by atoms with Crippen LogP contribution in [0.4, 0.5) is 0 Å². The molecule has 4 nitrogen and oxygen atoms in total. The zero-order valence-corrected chi connectivity index (χ0v) is 24.2. The van der Waals surface area contributed by atoms with E-state index < -0.39 is 0 Å². The van der Waals surface area contributed by atoms with Gasteiger partial charge in [-0.25, -0.2) is 15.0 Å². The summed E-state index contributed by atoms with van der Waals surface area (Å²) in [6.45, 7) is 0. The maximum absolute atomic E-state index is 6.56. The van der Waals surface area contributed by atoms with E-state index in [2.05, 4.69) is 115 Å². The molecule has 0 unspecified atom stereocenters. The number of hydrogen-bond donors (Lipinski definition) is 0. The third-order valence-corrected chi connectivity index (χ3v) is 8.52. The first-order valence-electron chi connectivity index (χ1n) is 15.0. The van der Waals surface area contributed by atoms with Crippen LogP contribution in [0.15, 0.2) is 156 Å². The largest absolute Gasteiger partial charge is 0.455 e. The van der Waals surface area contributed by atoms with Gasteiger partial charge in [-0.1, -0.05) is 133 Å². The summed E-state index contributed by atoms with van der Waals surface area (Å²) in [7, 11) is 0. The molecule has 9 aromatic rings. The van der Waals surface area contributed by atoms with Crippen LogP contribution in [0.1, 0.15) is 0 Å². The minimum Gasteiger partial charge on any atom is -0.455 e. The molecule has 0 saturated carbocycles. The summed E-state index contributed by atoms with van der Waals surface area (Å²) in [6, 6.07) is 52.1. The molecule has 0 amide bonds. The van der Waals surface area contributed by atoms with Crippen LogP contribution in [-0.4, -0.2) is 15.0 Å². The minimum absolute atomic E-state index is 0.599. The molecule has 7 aromatic carbocycles. The summed E-state index contributed by atoms with van der Waals surface area (Å²) in [5.41, 5.74) is 6.65. The van der Waals surface area contributed by atoms with Crippen LogP contribution in [-0.2, 0) is 0 Å². The Morgan fingerprint density at radius 2 is 0.978 bits per heavy atom. The van der Waals surface area contributed by atoms with E-state index in [1.54, 1.807) is 0 Å². The highest BCUT2D eigenvalue weighted by Crippen LogP contribution is 2.38. The van der Waals surface area contributed by atoms with Gasteiger partial charge >= 0.3 is 0 Å². The van der Waals surface area contributed by atoms with Crippen molar-refractivity contribution in [2.45, 2.75) is 0 Å². The molecule has 0 radical (unpaired) electrons. The van der Waals surface area contributed by atoms with Crippen molar-refractivity contribution < 1.29 is 4.42 Å². The predicted octanol–water partition coefficient (Wildman–Crippen LogP) is 10.7. The van der Waals surface area contributed by atoms with Crippen LogP contribution in [0, 0.1) is 0 Å². The quantitative estimate of drug-likeness (QED) is 0.196. The van der Waals surface area contributed by atoms with Gasteiger partial charge in [0.1, 0.15) is 11.2 Å². The van der Waals surface area contributed by atoms with Gasteiger partial charge in [-0.15, -0.1) is 0 Å². The topological polar surface area (TPSA) is 51.8 Å². The first-order valence-corrected chi connectivity index (χ1v) is 15.0. The fourth-order valence-corrected chi connectivity index (χ4v) is 6.36. The molecule has 0 aliphatic carbocycles. The van der Waals surface area contributed by atoms with Gasteiger partial charge < -0.3 is 4.42 Å². The molecular weight excluding hydrogens is 550 g/mol. The molecule has 0 fully saturated rings. The summed E-state index contributed by atoms with van der Waals surface area (Å²) >= 11 is 0. The SMILES string of the molecule is c1ccc(-c2nc(-c3ccc4c(c3)oc3c(-c5ccccc5)cccc34)nc(-c3cc4ccccc4c4ccccc34)n2)cc1. The zero-order chi connectivity index (χ0) is 29.7. The van der Waals surface area contributed by atoms with Crippen LogP contribution in [0.3, 0.4) is 0 Å². The van der Waals surface area contributed by atoms with Gasteiger partial charge in [0, 0.05) is 33.0 Å². The molecule has 2 heterocycles. The third kappa shape index (κ3) is 4.27.